The van der Waals surface area contributed by atoms with Crippen LogP contribution in [0.5, 0.6) is 0 Å². The zero-order chi connectivity index (χ0) is 15.3. The quantitative estimate of drug-likeness (QED) is 0.812. The van der Waals surface area contributed by atoms with Crippen molar-refractivity contribution in [1.29, 1.82) is 0 Å². The largest absolute Gasteiger partial charge is 0.384 e. The predicted octanol–water partition coefficient (Wildman–Crippen LogP) is 1.14. The maximum Gasteiger partial charge on any atom is 0.242 e. The molecule has 0 bridgehead atoms. The van der Waals surface area contributed by atoms with Gasteiger partial charge in [-0.2, -0.15) is 0 Å². The van der Waals surface area contributed by atoms with Crippen molar-refractivity contribution in [2.45, 2.75) is 23.8 Å². The lowest BCUT2D eigenvalue weighted by atomic mass is 10.2. The van der Waals surface area contributed by atoms with Gasteiger partial charge in [-0.25, -0.2) is 13.1 Å². The summed E-state index contributed by atoms with van der Waals surface area (Å²) in [7, 11) is -3.68. The Morgan fingerprint density at radius 3 is 2.90 bits per heavy atom. The molecule has 1 saturated heterocycles. The number of hydrogen-bond acceptors (Lipinski definition) is 4. The Balaban J connectivity index is 2.11. The van der Waals surface area contributed by atoms with Gasteiger partial charge in [-0.3, -0.25) is 0 Å². The van der Waals surface area contributed by atoms with E-state index in [1.54, 1.807) is 6.07 Å². The van der Waals surface area contributed by atoms with Crippen LogP contribution in [0.3, 0.4) is 0 Å². The molecule has 2 N–H and O–H groups in total. The van der Waals surface area contributed by atoms with Crippen molar-refractivity contribution >= 4 is 21.6 Å². The highest BCUT2D eigenvalue weighted by Gasteiger charge is 2.22. The zero-order valence-corrected chi connectivity index (χ0v) is 12.9. The maximum absolute atomic E-state index is 12.2. The number of aliphatic hydroxyl groups is 1. The summed E-state index contributed by atoms with van der Waals surface area (Å²) in [5.41, 5.74) is 0.548. The van der Waals surface area contributed by atoms with E-state index >= 15 is 0 Å². The van der Waals surface area contributed by atoms with Crippen LogP contribution in [-0.2, 0) is 14.8 Å². The van der Waals surface area contributed by atoms with Crippen molar-refractivity contribution in [3.8, 4) is 11.8 Å². The molecule has 1 unspecified atom stereocenters. The highest BCUT2D eigenvalue weighted by molar-refractivity contribution is 7.89. The van der Waals surface area contributed by atoms with Gasteiger partial charge in [0.1, 0.15) is 11.5 Å². The molecule has 0 aromatic heterocycles. The Kier molecular flexibility index (Phi) is 5.62. The first-order valence-electron chi connectivity index (χ1n) is 6.53. The third kappa shape index (κ3) is 4.43. The van der Waals surface area contributed by atoms with Crippen molar-refractivity contribution in [3.63, 3.8) is 0 Å². The first kappa shape index (κ1) is 16.3. The second kappa shape index (κ2) is 7.25. The van der Waals surface area contributed by atoms with Gasteiger partial charge in [-0.05, 0) is 31.0 Å². The molecule has 7 heteroatoms. The molecule has 1 atom stereocenters. The Labute approximate surface area is 129 Å². The van der Waals surface area contributed by atoms with Crippen LogP contribution in [0.1, 0.15) is 18.4 Å². The van der Waals surface area contributed by atoms with Crippen molar-refractivity contribution in [3.05, 3.63) is 28.8 Å². The molecule has 1 aliphatic heterocycles. The summed E-state index contributed by atoms with van der Waals surface area (Å²) in [6, 6.07) is 4.42. The van der Waals surface area contributed by atoms with Crippen LogP contribution in [0.2, 0.25) is 5.02 Å². The topological polar surface area (TPSA) is 75.6 Å². The van der Waals surface area contributed by atoms with Gasteiger partial charge in [-0.1, -0.05) is 23.4 Å². The predicted molar refractivity (Wildman–Crippen MR) is 79.6 cm³/mol. The van der Waals surface area contributed by atoms with Gasteiger partial charge in [0.25, 0.3) is 0 Å². The first-order valence-corrected chi connectivity index (χ1v) is 8.39. The van der Waals surface area contributed by atoms with Crippen molar-refractivity contribution in [1.82, 2.24) is 4.72 Å². The monoisotopic (exact) mass is 329 g/mol. The molecule has 114 valence electrons. The Hall–Kier alpha value is -1.10. The lowest BCUT2D eigenvalue weighted by molar-refractivity contribution is 0.114. The molecule has 0 spiro atoms. The van der Waals surface area contributed by atoms with Crippen LogP contribution in [0.25, 0.3) is 0 Å². The average molecular weight is 330 g/mol. The summed E-state index contributed by atoms with van der Waals surface area (Å²) in [6.07, 6.45) is 1.73. The highest BCUT2D eigenvalue weighted by atomic mass is 35.5. The molecule has 1 aromatic rings. The van der Waals surface area contributed by atoms with E-state index in [1.165, 1.54) is 12.1 Å². The molecule has 0 amide bonds. The summed E-state index contributed by atoms with van der Waals surface area (Å²) in [5.74, 6) is 5.15. The van der Waals surface area contributed by atoms with E-state index in [0.717, 1.165) is 12.8 Å². The summed E-state index contributed by atoms with van der Waals surface area (Å²) >= 11 is 6.01. The number of hydrogen-bond donors (Lipinski definition) is 2. The molecule has 2 rings (SSSR count). The third-order valence-corrected chi connectivity index (χ3v) is 4.96. The fourth-order valence-corrected chi connectivity index (χ4v) is 3.63. The van der Waals surface area contributed by atoms with Gasteiger partial charge < -0.3 is 9.84 Å². The molecule has 0 saturated carbocycles. The van der Waals surface area contributed by atoms with Crippen LogP contribution in [-0.4, -0.2) is 39.4 Å². The lowest BCUT2D eigenvalue weighted by Gasteiger charge is -2.12. The number of aliphatic hydroxyl groups excluding tert-OH is 1. The normalized spacial score (nSPS) is 18.3. The summed E-state index contributed by atoms with van der Waals surface area (Å²) in [6.45, 7) is 0.650. The minimum absolute atomic E-state index is 0.0108. The Bertz CT molecular complexity index is 657. The smallest absolute Gasteiger partial charge is 0.242 e. The molecule has 1 fully saturated rings. The molecule has 1 aromatic carbocycles. The minimum Gasteiger partial charge on any atom is -0.384 e. The molecular formula is C14H16ClNO4S. The highest BCUT2D eigenvalue weighted by Crippen LogP contribution is 2.22. The van der Waals surface area contributed by atoms with E-state index in [2.05, 4.69) is 16.6 Å². The molecule has 21 heavy (non-hydrogen) atoms. The van der Waals surface area contributed by atoms with Crippen LogP contribution >= 0.6 is 11.6 Å². The summed E-state index contributed by atoms with van der Waals surface area (Å²) in [4.78, 5) is 0.0108. The zero-order valence-electron chi connectivity index (χ0n) is 11.3. The van der Waals surface area contributed by atoms with Crippen molar-refractivity contribution in [2.24, 2.45) is 0 Å². The Morgan fingerprint density at radius 2 is 2.29 bits per heavy atom. The number of rotatable bonds is 4. The van der Waals surface area contributed by atoms with E-state index in [0.29, 0.717) is 12.2 Å². The van der Waals surface area contributed by atoms with E-state index in [1.807, 2.05) is 0 Å². The average Bonchev–Trinajstić information content (AvgIpc) is 2.96. The summed E-state index contributed by atoms with van der Waals surface area (Å²) in [5, 5.41) is 8.73. The molecule has 5 nitrogen and oxygen atoms in total. The van der Waals surface area contributed by atoms with E-state index in [4.69, 9.17) is 21.4 Å². The third-order valence-electron chi connectivity index (χ3n) is 3.06. The number of nitrogens with one attached hydrogen (secondary N) is 1. The van der Waals surface area contributed by atoms with E-state index < -0.39 is 10.0 Å². The molecular weight excluding hydrogens is 314 g/mol. The van der Waals surface area contributed by atoms with Gasteiger partial charge in [0.15, 0.2) is 0 Å². The fraction of sp³-hybridized carbons (Fsp3) is 0.429. The first-order chi connectivity index (χ1) is 10.0. The number of halogens is 1. The second-order valence-corrected chi connectivity index (χ2v) is 6.73. The van der Waals surface area contributed by atoms with Crippen LogP contribution in [0.4, 0.5) is 0 Å². The van der Waals surface area contributed by atoms with E-state index in [9.17, 15) is 8.42 Å². The Morgan fingerprint density at radius 1 is 1.48 bits per heavy atom. The second-order valence-electron chi connectivity index (χ2n) is 4.59. The lowest BCUT2D eigenvalue weighted by Crippen LogP contribution is -2.32. The van der Waals surface area contributed by atoms with E-state index in [-0.39, 0.29) is 29.2 Å². The standard InChI is InChI=1S/C14H16ClNO4S/c15-13-9-11(3-1-7-17)5-6-14(13)21(18,19)16-10-12-4-2-8-20-12/h5-6,9,12,16-17H,2,4,7-8,10H2. The number of ether oxygens (including phenoxy) is 1. The van der Waals surface area contributed by atoms with Crippen LogP contribution < -0.4 is 4.72 Å². The summed E-state index contributed by atoms with van der Waals surface area (Å²) < 4.78 is 32.3. The maximum atomic E-state index is 12.2. The van der Waals surface area contributed by atoms with Gasteiger partial charge in [-0.15, -0.1) is 0 Å². The SMILES string of the molecule is O=S(=O)(NCC1CCCO1)c1ccc(C#CCO)cc1Cl. The van der Waals surface area contributed by atoms with Gasteiger partial charge >= 0.3 is 0 Å². The van der Waals surface area contributed by atoms with Crippen molar-refractivity contribution < 1.29 is 18.3 Å². The number of sulfonamides is 1. The van der Waals surface area contributed by atoms with Crippen LogP contribution in [0, 0.1) is 11.8 Å². The minimum atomic E-state index is -3.68. The van der Waals surface area contributed by atoms with Gasteiger partial charge in [0, 0.05) is 18.7 Å². The molecule has 0 radical (unpaired) electrons. The number of benzene rings is 1. The van der Waals surface area contributed by atoms with Crippen molar-refractivity contribution in [2.75, 3.05) is 19.8 Å². The molecule has 0 aliphatic carbocycles. The molecule has 1 aliphatic rings. The fourth-order valence-electron chi connectivity index (χ4n) is 2.02. The van der Waals surface area contributed by atoms with Crippen LogP contribution in [0.15, 0.2) is 23.1 Å². The van der Waals surface area contributed by atoms with Gasteiger partial charge in [0.05, 0.1) is 11.1 Å². The molecule has 1 heterocycles. The van der Waals surface area contributed by atoms with Gasteiger partial charge in [0.2, 0.25) is 10.0 Å².